The number of ether oxygens (including phenoxy) is 1. The largest absolute Gasteiger partial charge is 0.444 e. The second-order valence-electron chi connectivity index (χ2n) is 7.27. The first kappa shape index (κ1) is 16.9. The lowest BCUT2D eigenvalue weighted by atomic mass is 9.93. The lowest BCUT2D eigenvalue weighted by Crippen LogP contribution is -2.47. The summed E-state index contributed by atoms with van der Waals surface area (Å²) >= 11 is 0. The van der Waals surface area contributed by atoms with E-state index in [9.17, 15) is 9.59 Å². The molecule has 2 aliphatic rings. The van der Waals surface area contributed by atoms with Gasteiger partial charge in [0.15, 0.2) is 0 Å². The van der Waals surface area contributed by atoms with Crippen LogP contribution in [0.5, 0.6) is 0 Å². The summed E-state index contributed by atoms with van der Waals surface area (Å²) in [5.41, 5.74) is -0.435. The van der Waals surface area contributed by atoms with Crippen molar-refractivity contribution in [3.05, 3.63) is 0 Å². The Morgan fingerprint density at radius 1 is 1.27 bits per heavy atom. The van der Waals surface area contributed by atoms with Crippen molar-refractivity contribution < 1.29 is 14.3 Å². The molecule has 0 spiro atoms. The van der Waals surface area contributed by atoms with Crippen LogP contribution in [0.4, 0.5) is 9.59 Å². The minimum atomic E-state index is -0.435. The molecule has 6 nitrogen and oxygen atoms in total. The van der Waals surface area contributed by atoms with Gasteiger partial charge in [-0.2, -0.15) is 0 Å². The highest BCUT2D eigenvalue weighted by Gasteiger charge is 2.27. The topological polar surface area (TPSA) is 61.9 Å². The van der Waals surface area contributed by atoms with Crippen LogP contribution in [0.3, 0.4) is 0 Å². The molecule has 3 amide bonds. The van der Waals surface area contributed by atoms with Crippen molar-refractivity contribution in [2.24, 2.45) is 5.92 Å². The maximum atomic E-state index is 12.0. The zero-order chi connectivity index (χ0) is 16.2. The van der Waals surface area contributed by atoms with Crippen molar-refractivity contribution in [3.8, 4) is 0 Å². The molecule has 0 aromatic rings. The highest BCUT2D eigenvalue weighted by Crippen LogP contribution is 2.22. The number of nitrogens with one attached hydrogen (secondary N) is 1. The number of likely N-dealkylation sites (tertiary alicyclic amines) is 1. The van der Waals surface area contributed by atoms with Crippen LogP contribution in [0.2, 0.25) is 0 Å². The van der Waals surface area contributed by atoms with E-state index < -0.39 is 5.60 Å². The molecule has 0 aliphatic carbocycles. The van der Waals surface area contributed by atoms with Crippen molar-refractivity contribution >= 4 is 12.1 Å². The van der Waals surface area contributed by atoms with Crippen LogP contribution in [-0.2, 0) is 4.74 Å². The minimum Gasteiger partial charge on any atom is -0.444 e. The molecule has 126 valence electrons. The quantitative estimate of drug-likeness (QED) is 0.871. The molecule has 0 radical (unpaired) electrons. The number of nitrogens with zero attached hydrogens (tertiary/aromatic N) is 2. The summed E-state index contributed by atoms with van der Waals surface area (Å²) in [6.07, 6.45) is 3.84. The molecule has 1 N–H and O–H groups in total. The Morgan fingerprint density at radius 2 is 1.95 bits per heavy atom. The van der Waals surface area contributed by atoms with E-state index >= 15 is 0 Å². The second kappa shape index (κ2) is 7.20. The Kier molecular flexibility index (Phi) is 5.53. The van der Waals surface area contributed by atoms with Crippen molar-refractivity contribution in [2.45, 2.75) is 52.1 Å². The van der Waals surface area contributed by atoms with Gasteiger partial charge in [-0.1, -0.05) is 0 Å². The first-order chi connectivity index (χ1) is 10.3. The van der Waals surface area contributed by atoms with E-state index in [0.29, 0.717) is 5.92 Å². The van der Waals surface area contributed by atoms with Crippen LogP contribution in [0, 0.1) is 5.92 Å². The summed E-state index contributed by atoms with van der Waals surface area (Å²) in [6, 6.07) is 0.0671. The van der Waals surface area contributed by atoms with Gasteiger partial charge >= 0.3 is 12.1 Å². The Morgan fingerprint density at radius 3 is 2.55 bits per heavy atom. The van der Waals surface area contributed by atoms with Gasteiger partial charge in [0.2, 0.25) is 0 Å². The molecule has 0 atom stereocenters. The Balaban J connectivity index is 1.68. The van der Waals surface area contributed by atoms with E-state index in [1.807, 2.05) is 25.7 Å². The molecule has 2 aliphatic heterocycles. The van der Waals surface area contributed by atoms with E-state index in [1.54, 1.807) is 4.90 Å². The van der Waals surface area contributed by atoms with Crippen molar-refractivity contribution in [1.82, 2.24) is 15.1 Å². The van der Waals surface area contributed by atoms with E-state index in [-0.39, 0.29) is 12.1 Å². The number of amides is 3. The molecule has 22 heavy (non-hydrogen) atoms. The van der Waals surface area contributed by atoms with Crippen LogP contribution in [0.25, 0.3) is 0 Å². The maximum absolute atomic E-state index is 12.0. The lowest BCUT2D eigenvalue weighted by Gasteiger charge is -2.34. The number of hydrogen-bond donors (Lipinski definition) is 1. The van der Waals surface area contributed by atoms with E-state index in [1.165, 1.54) is 0 Å². The molecule has 0 aromatic carbocycles. The molecule has 0 saturated carbocycles. The average Bonchev–Trinajstić information content (AvgIpc) is 2.45. The number of piperidine rings is 1. The monoisotopic (exact) mass is 311 g/mol. The van der Waals surface area contributed by atoms with Crippen LogP contribution in [0.15, 0.2) is 0 Å². The van der Waals surface area contributed by atoms with Crippen molar-refractivity contribution in [2.75, 3.05) is 32.7 Å². The molecular formula is C16H29N3O3. The standard InChI is InChI=1S/C16H29N3O3/c1-16(2,3)22-15(21)19-11-6-13(7-12-19)5-10-18-9-4-8-17-14(18)20/h13H,4-12H2,1-3H3,(H,17,20). The fourth-order valence-corrected chi connectivity index (χ4v) is 2.96. The fraction of sp³-hybridized carbons (Fsp3) is 0.875. The average molecular weight is 311 g/mol. The summed E-state index contributed by atoms with van der Waals surface area (Å²) in [5, 5.41) is 2.88. The Bertz CT molecular complexity index is 398. The normalized spacial score (nSPS) is 20.8. The molecule has 2 heterocycles. The molecular weight excluding hydrogens is 282 g/mol. The number of carbonyl (C=O) groups is 2. The predicted molar refractivity (Wildman–Crippen MR) is 84.7 cm³/mol. The number of hydrogen-bond acceptors (Lipinski definition) is 3. The first-order valence-electron chi connectivity index (χ1n) is 8.36. The minimum absolute atomic E-state index is 0.0671. The van der Waals surface area contributed by atoms with E-state index in [0.717, 1.165) is 58.4 Å². The van der Waals surface area contributed by atoms with Crippen LogP contribution >= 0.6 is 0 Å². The lowest BCUT2D eigenvalue weighted by molar-refractivity contribution is 0.0179. The molecule has 0 unspecified atom stereocenters. The highest BCUT2D eigenvalue weighted by molar-refractivity contribution is 5.74. The molecule has 6 heteroatoms. The molecule has 2 rings (SSSR count). The summed E-state index contributed by atoms with van der Waals surface area (Å²) in [5.74, 6) is 0.591. The SMILES string of the molecule is CC(C)(C)OC(=O)N1CCC(CCN2CCCNC2=O)CC1. The summed E-state index contributed by atoms with van der Waals surface area (Å²) in [6.45, 7) is 9.66. The van der Waals surface area contributed by atoms with Gasteiger partial charge in [-0.25, -0.2) is 9.59 Å². The highest BCUT2D eigenvalue weighted by atomic mass is 16.6. The molecule has 2 fully saturated rings. The molecule has 0 aromatic heterocycles. The van der Waals surface area contributed by atoms with Gasteiger partial charge in [0.1, 0.15) is 5.60 Å². The van der Waals surface area contributed by atoms with Gasteiger partial charge < -0.3 is 19.9 Å². The fourth-order valence-electron chi connectivity index (χ4n) is 2.96. The van der Waals surface area contributed by atoms with Gasteiger partial charge in [-0.15, -0.1) is 0 Å². The zero-order valence-corrected chi connectivity index (χ0v) is 14.1. The summed E-state index contributed by atoms with van der Waals surface area (Å²) in [4.78, 5) is 27.4. The molecule has 2 saturated heterocycles. The Hall–Kier alpha value is -1.46. The van der Waals surface area contributed by atoms with Crippen molar-refractivity contribution in [3.63, 3.8) is 0 Å². The van der Waals surface area contributed by atoms with Gasteiger partial charge in [0, 0.05) is 32.7 Å². The van der Waals surface area contributed by atoms with Gasteiger partial charge in [-0.05, 0) is 52.4 Å². The van der Waals surface area contributed by atoms with Gasteiger partial charge in [-0.3, -0.25) is 0 Å². The molecule has 0 bridgehead atoms. The van der Waals surface area contributed by atoms with Crippen LogP contribution in [0.1, 0.15) is 46.5 Å². The van der Waals surface area contributed by atoms with Gasteiger partial charge in [0.25, 0.3) is 0 Å². The first-order valence-corrected chi connectivity index (χ1v) is 8.36. The third-order valence-corrected chi connectivity index (χ3v) is 4.24. The predicted octanol–water partition coefficient (Wildman–Crippen LogP) is 2.44. The van der Waals surface area contributed by atoms with E-state index in [2.05, 4.69) is 5.32 Å². The van der Waals surface area contributed by atoms with Gasteiger partial charge in [0.05, 0.1) is 0 Å². The smallest absolute Gasteiger partial charge is 0.410 e. The number of carbonyl (C=O) groups excluding carboxylic acids is 2. The van der Waals surface area contributed by atoms with Crippen LogP contribution < -0.4 is 5.32 Å². The summed E-state index contributed by atoms with van der Waals surface area (Å²) in [7, 11) is 0. The third-order valence-electron chi connectivity index (χ3n) is 4.24. The number of urea groups is 1. The van der Waals surface area contributed by atoms with Crippen LogP contribution in [-0.4, -0.2) is 60.2 Å². The summed E-state index contributed by atoms with van der Waals surface area (Å²) < 4.78 is 5.41. The zero-order valence-electron chi connectivity index (χ0n) is 14.1. The van der Waals surface area contributed by atoms with E-state index in [4.69, 9.17) is 4.74 Å². The van der Waals surface area contributed by atoms with Crippen molar-refractivity contribution in [1.29, 1.82) is 0 Å². The Labute approximate surface area is 133 Å². The number of rotatable bonds is 3. The maximum Gasteiger partial charge on any atom is 0.410 e. The second-order valence-corrected chi connectivity index (χ2v) is 7.27. The third kappa shape index (κ3) is 5.07.